The summed E-state index contributed by atoms with van der Waals surface area (Å²) in [6.45, 7) is 0.390. The average Bonchev–Trinajstić information content (AvgIpc) is 2.77. The quantitative estimate of drug-likeness (QED) is 0.874. The zero-order valence-electron chi connectivity index (χ0n) is 10.7. The standard InChI is InChI=1S/C13H14FN3OS/c1-16-6-5-15-12(16)8-17(2)13(18)9-3-4-10(14)11(19)7-9/h3-7,19H,8H2,1-2H3. The number of amides is 1. The van der Waals surface area contributed by atoms with Gasteiger partial charge in [0.15, 0.2) is 0 Å². The highest BCUT2D eigenvalue weighted by Crippen LogP contribution is 2.16. The van der Waals surface area contributed by atoms with Crippen molar-refractivity contribution in [2.75, 3.05) is 7.05 Å². The first-order chi connectivity index (χ1) is 8.99. The van der Waals surface area contributed by atoms with E-state index in [1.165, 1.54) is 23.1 Å². The monoisotopic (exact) mass is 279 g/mol. The van der Waals surface area contributed by atoms with E-state index in [0.29, 0.717) is 12.1 Å². The molecule has 0 saturated carbocycles. The minimum atomic E-state index is -0.438. The third-order valence-electron chi connectivity index (χ3n) is 2.84. The number of halogens is 1. The Balaban J connectivity index is 2.15. The van der Waals surface area contributed by atoms with Crippen LogP contribution in [0.5, 0.6) is 0 Å². The van der Waals surface area contributed by atoms with E-state index in [-0.39, 0.29) is 10.8 Å². The van der Waals surface area contributed by atoms with Gasteiger partial charge in [-0.1, -0.05) is 0 Å². The predicted molar refractivity (Wildman–Crippen MR) is 72.7 cm³/mol. The molecule has 0 aliphatic carbocycles. The number of hydrogen-bond donors (Lipinski definition) is 1. The maximum atomic E-state index is 13.1. The fourth-order valence-corrected chi connectivity index (χ4v) is 1.91. The van der Waals surface area contributed by atoms with Crippen LogP contribution < -0.4 is 0 Å². The summed E-state index contributed by atoms with van der Waals surface area (Å²) in [5, 5.41) is 0. The van der Waals surface area contributed by atoms with Crippen LogP contribution in [0.4, 0.5) is 4.39 Å². The van der Waals surface area contributed by atoms with Crippen molar-refractivity contribution >= 4 is 18.5 Å². The molecule has 0 N–H and O–H groups in total. The van der Waals surface area contributed by atoms with Crippen molar-refractivity contribution in [3.05, 3.63) is 47.8 Å². The molecular formula is C13H14FN3OS. The number of hydrogen-bond acceptors (Lipinski definition) is 3. The highest BCUT2D eigenvalue weighted by molar-refractivity contribution is 7.80. The number of aryl methyl sites for hydroxylation is 1. The van der Waals surface area contributed by atoms with Gasteiger partial charge in [0.1, 0.15) is 11.6 Å². The fraction of sp³-hybridized carbons (Fsp3) is 0.231. The van der Waals surface area contributed by atoms with Gasteiger partial charge in [-0.25, -0.2) is 9.37 Å². The van der Waals surface area contributed by atoms with Gasteiger partial charge < -0.3 is 9.47 Å². The molecule has 0 radical (unpaired) electrons. The summed E-state index contributed by atoms with van der Waals surface area (Å²) in [5.74, 6) is 0.147. The van der Waals surface area contributed by atoms with Gasteiger partial charge in [-0.15, -0.1) is 12.6 Å². The Labute approximate surface area is 116 Å². The lowest BCUT2D eigenvalue weighted by Crippen LogP contribution is -2.27. The van der Waals surface area contributed by atoms with E-state index in [1.807, 2.05) is 17.8 Å². The molecule has 1 aromatic heterocycles. The average molecular weight is 279 g/mol. The summed E-state index contributed by atoms with van der Waals surface area (Å²) in [6, 6.07) is 4.12. The highest BCUT2D eigenvalue weighted by atomic mass is 32.1. The van der Waals surface area contributed by atoms with Crippen LogP contribution in [0.2, 0.25) is 0 Å². The first-order valence-electron chi connectivity index (χ1n) is 5.69. The van der Waals surface area contributed by atoms with E-state index in [4.69, 9.17) is 0 Å². The van der Waals surface area contributed by atoms with Gasteiger partial charge in [0.2, 0.25) is 0 Å². The van der Waals surface area contributed by atoms with Crippen molar-refractivity contribution in [3.8, 4) is 0 Å². The molecular weight excluding hydrogens is 265 g/mol. The molecule has 0 spiro atoms. The summed E-state index contributed by atoms with van der Waals surface area (Å²) >= 11 is 3.97. The number of benzene rings is 1. The van der Waals surface area contributed by atoms with Crippen LogP contribution in [0.3, 0.4) is 0 Å². The van der Waals surface area contributed by atoms with Crippen molar-refractivity contribution in [1.29, 1.82) is 0 Å². The third-order valence-corrected chi connectivity index (χ3v) is 3.18. The molecule has 4 nitrogen and oxygen atoms in total. The Morgan fingerprint density at radius 3 is 2.84 bits per heavy atom. The summed E-state index contributed by atoms with van der Waals surface area (Å²) in [7, 11) is 3.54. The summed E-state index contributed by atoms with van der Waals surface area (Å²) in [5.41, 5.74) is 0.406. The number of carbonyl (C=O) groups excluding carboxylic acids is 1. The number of rotatable bonds is 3. The lowest BCUT2D eigenvalue weighted by Gasteiger charge is -2.17. The van der Waals surface area contributed by atoms with Gasteiger partial charge in [-0.2, -0.15) is 0 Å². The molecule has 0 aliphatic rings. The number of aromatic nitrogens is 2. The fourth-order valence-electron chi connectivity index (χ4n) is 1.70. The molecule has 0 bridgehead atoms. The van der Waals surface area contributed by atoms with Crippen molar-refractivity contribution in [1.82, 2.24) is 14.5 Å². The van der Waals surface area contributed by atoms with Gasteiger partial charge in [0.25, 0.3) is 5.91 Å². The second kappa shape index (κ2) is 5.44. The number of nitrogens with zero attached hydrogens (tertiary/aromatic N) is 3. The van der Waals surface area contributed by atoms with Crippen molar-refractivity contribution in [2.45, 2.75) is 11.4 Å². The molecule has 0 atom stereocenters. The molecule has 6 heteroatoms. The van der Waals surface area contributed by atoms with E-state index >= 15 is 0 Å². The number of carbonyl (C=O) groups is 1. The predicted octanol–water partition coefficient (Wildman–Crippen LogP) is 2.12. The second-order valence-electron chi connectivity index (χ2n) is 4.28. The Hall–Kier alpha value is -1.82. The van der Waals surface area contributed by atoms with E-state index in [0.717, 1.165) is 5.82 Å². The van der Waals surface area contributed by atoms with Crippen LogP contribution in [0.25, 0.3) is 0 Å². The Morgan fingerprint density at radius 2 is 2.26 bits per heavy atom. The topological polar surface area (TPSA) is 38.1 Å². The van der Waals surface area contributed by atoms with Crippen LogP contribution in [-0.4, -0.2) is 27.4 Å². The molecule has 0 saturated heterocycles. The first-order valence-corrected chi connectivity index (χ1v) is 6.14. The maximum absolute atomic E-state index is 13.1. The zero-order chi connectivity index (χ0) is 14.0. The molecule has 1 amide bonds. The smallest absolute Gasteiger partial charge is 0.254 e. The van der Waals surface area contributed by atoms with Gasteiger partial charge in [0, 0.05) is 36.9 Å². The van der Waals surface area contributed by atoms with Crippen LogP contribution in [-0.2, 0) is 13.6 Å². The lowest BCUT2D eigenvalue weighted by molar-refractivity contribution is 0.0780. The molecule has 19 heavy (non-hydrogen) atoms. The molecule has 0 unspecified atom stereocenters. The Morgan fingerprint density at radius 1 is 1.53 bits per heavy atom. The number of imidazole rings is 1. The maximum Gasteiger partial charge on any atom is 0.254 e. The largest absolute Gasteiger partial charge is 0.337 e. The minimum absolute atomic E-state index is 0.163. The van der Waals surface area contributed by atoms with Crippen LogP contribution in [0.15, 0.2) is 35.5 Å². The molecule has 1 aromatic carbocycles. The summed E-state index contributed by atoms with van der Waals surface area (Å²) in [4.78, 5) is 18.0. The molecule has 2 rings (SSSR count). The summed E-state index contributed by atoms with van der Waals surface area (Å²) in [6.07, 6.45) is 3.49. The van der Waals surface area contributed by atoms with Crippen LogP contribution in [0, 0.1) is 5.82 Å². The Kier molecular flexibility index (Phi) is 3.90. The molecule has 1 heterocycles. The third kappa shape index (κ3) is 2.96. The van der Waals surface area contributed by atoms with E-state index in [1.54, 1.807) is 13.2 Å². The normalized spacial score (nSPS) is 10.5. The van der Waals surface area contributed by atoms with Gasteiger partial charge in [0.05, 0.1) is 6.54 Å². The van der Waals surface area contributed by atoms with E-state index in [2.05, 4.69) is 17.6 Å². The van der Waals surface area contributed by atoms with Crippen molar-refractivity contribution < 1.29 is 9.18 Å². The van der Waals surface area contributed by atoms with Crippen molar-refractivity contribution in [3.63, 3.8) is 0 Å². The second-order valence-corrected chi connectivity index (χ2v) is 4.76. The van der Waals surface area contributed by atoms with Crippen LogP contribution in [0.1, 0.15) is 16.2 Å². The molecule has 0 aliphatic heterocycles. The van der Waals surface area contributed by atoms with E-state index in [9.17, 15) is 9.18 Å². The summed E-state index contributed by atoms with van der Waals surface area (Å²) < 4.78 is 15.0. The van der Waals surface area contributed by atoms with Gasteiger partial charge in [-0.05, 0) is 18.2 Å². The van der Waals surface area contributed by atoms with E-state index < -0.39 is 5.82 Å². The van der Waals surface area contributed by atoms with Gasteiger partial charge in [-0.3, -0.25) is 4.79 Å². The van der Waals surface area contributed by atoms with Crippen molar-refractivity contribution in [2.24, 2.45) is 7.05 Å². The highest BCUT2D eigenvalue weighted by Gasteiger charge is 2.14. The zero-order valence-corrected chi connectivity index (χ0v) is 11.6. The van der Waals surface area contributed by atoms with Gasteiger partial charge >= 0.3 is 0 Å². The minimum Gasteiger partial charge on any atom is -0.337 e. The molecule has 0 fully saturated rings. The lowest BCUT2D eigenvalue weighted by atomic mass is 10.2. The van der Waals surface area contributed by atoms with Crippen LogP contribution >= 0.6 is 12.6 Å². The molecule has 100 valence electrons. The molecule has 2 aromatic rings. The Bertz CT molecular complexity index is 612. The number of thiol groups is 1. The SMILES string of the molecule is CN(Cc1nccn1C)C(=O)c1ccc(F)c(S)c1. The first kappa shape index (κ1) is 13.6.